The molecule has 4 rings (SSSR count). The van der Waals surface area contributed by atoms with Crippen LogP contribution < -0.4 is 9.47 Å². The molecule has 0 saturated heterocycles. The van der Waals surface area contributed by atoms with E-state index in [2.05, 4.69) is 22.0 Å². The van der Waals surface area contributed by atoms with Gasteiger partial charge in [0.05, 0.1) is 10.5 Å². The van der Waals surface area contributed by atoms with Crippen molar-refractivity contribution in [2.45, 2.75) is 6.54 Å². The Hall–Kier alpha value is -2.30. The molecule has 0 saturated carbocycles. The van der Waals surface area contributed by atoms with Crippen LogP contribution >= 0.6 is 11.6 Å². The number of benzene rings is 2. The number of pyridine rings is 1. The molecule has 0 aliphatic carbocycles. The first-order valence-electron chi connectivity index (χ1n) is 8.41. The fourth-order valence-corrected chi connectivity index (χ4v) is 3.20. The Balaban J connectivity index is 1.44. The quantitative estimate of drug-likeness (QED) is 0.704. The van der Waals surface area contributed by atoms with Gasteiger partial charge in [0.2, 0.25) is 5.88 Å². The maximum Gasteiger partial charge on any atom is 0.218 e. The average molecular weight is 355 g/mol. The topological polar surface area (TPSA) is 34.6 Å². The standard InChI is InChI=1S/C20H19ClN2O2/c21-17-6-2-4-8-19(17)24-11-9-23-10-12-25-20-16(14-23)13-15-5-1-3-7-18(15)22-20/h1-8,13H,9-12,14H2. The molecular formula is C20H19ClN2O2. The first-order valence-corrected chi connectivity index (χ1v) is 8.78. The molecule has 2 heterocycles. The van der Waals surface area contributed by atoms with E-state index in [0.29, 0.717) is 18.2 Å². The van der Waals surface area contributed by atoms with Crippen molar-refractivity contribution in [2.75, 3.05) is 26.3 Å². The Bertz CT molecular complexity index is 884. The predicted octanol–water partition coefficient (Wildman–Crippen LogP) is 4.16. The Morgan fingerprint density at radius 1 is 1.12 bits per heavy atom. The lowest BCUT2D eigenvalue weighted by Crippen LogP contribution is -2.30. The van der Waals surface area contributed by atoms with E-state index in [9.17, 15) is 0 Å². The third-order valence-electron chi connectivity index (χ3n) is 4.31. The molecule has 25 heavy (non-hydrogen) atoms. The monoisotopic (exact) mass is 354 g/mol. The van der Waals surface area contributed by atoms with Crippen LogP contribution in [-0.4, -0.2) is 36.2 Å². The largest absolute Gasteiger partial charge is 0.491 e. The number of rotatable bonds is 4. The first kappa shape index (κ1) is 16.2. The van der Waals surface area contributed by atoms with Gasteiger partial charge in [0.1, 0.15) is 19.0 Å². The summed E-state index contributed by atoms with van der Waals surface area (Å²) in [4.78, 5) is 6.97. The minimum atomic E-state index is 0.583. The summed E-state index contributed by atoms with van der Waals surface area (Å²) in [7, 11) is 0. The molecule has 1 aromatic heterocycles. The molecule has 0 spiro atoms. The Morgan fingerprint density at radius 2 is 1.96 bits per heavy atom. The second-order valence-electron chi connectivity index (χ2n) is 6.05. The molecule has 2 aromatic carbocycles. The van der Waals surface area contributed by atoms with Crippen molar-refractivity contribution in [1.82, 2.24) is 9.88 Å². The number of fused-ring (bicyclic) bond motifs is 2. The van der Waals surface area contributed by atoms with Gasteiger partial charge in [-0.15, -0.1) is 0 Å². The van der Waals surface area contributed by atoms with Crippen LogP contribution in [0.5, 0.6) is 11.6 Å². The summed E-state index contributed by atoms with van der Waals surface area (Å²) in [6.07, 6.45) is 0. The van der Waals surface area contributed by atoms with Crippen molar-refractivity contribution < 1.29 is 9.47 Å². The number of aromatic nitrogens is 1. The predicted molar refractivity (Wildman–Crippen MR) is 99.5 cm³/mol. The van der Waals surface area contributed by atoms with Crippen molar-refractivity contribution in [3.05, 3.63) is 65.2 Å². The normalized spacial score (nSPS) is 14.6. The molecule has 4 nitrogen and oxygen atoms in total. The highest BCUT2D eigenvalue weighted by Gasteiger charge is 2.17. The molecule has 0 N–H and O–H groups in total. The second kappa shape index (κ2) is 7.30. The molecule has 0 unspecified atom stereocenters. The van der Waals surface area contributed by atoms with Gasteiger partial charge in [0.15, 0.2) is 0 Å². The van der Waals surface area contributed by atoms with Gasteiger partial charge in [-0.3, -0.25) is 4.90 Å². The SMILES string of the molecule is Clc1ccccc1OCCN1CCOc2nc3ccccc3cc2C1. The van der Waals surface area contributed by atoms with Gasteiger partial charge in [-0.2, -0.15) is 0 Å². The third kappa shape index (κ3) is 3.70. The molecular weight excluding hydrogens is 336 g/mol. The van der Waals surface area contributed by atoms with Crippen molar-refractivity contribution in [1.29, 1.82) is 0 Å². The third-order valence-corrected chi connectivity index (χ3v) is 4.62. The van der Waals surface area contributed by atoms with E-state index < -0.39 is 0 Å². The van der Waals surface area contributed by atoms with Gasteiger partial charge in [-0.05, 0) is 24.3 Å². The molecule has 5 heteroatoms. The molecule has 0 bridgehead atoms. The average Bonchev–Trinajstić information content (AvgIpc) is 2.82. The van der Waals surface area contributed by atoms with Crippen LogP contribution in [-0.2, 0) is 6.54 Å². The highest BCUT2D eigenvalue weighted by Crippen LogP contribution is 2.26. The summed E-state index contributed by atoms with van der Waals surface area (Å²) in [5, 5.41) is 1.78. The summed E-state index contributed by atoms with van der Waals surface area (Å²) in [6, 6.07) is 17.8. The lowest BCUT2D eigenvalue weighted by molar-refractivity contribution is 0.185. The first-order chi connectivity index (χ1) is 12.3. The highest BCUT2D eigenvalue weighted by atomic mass is 35.5. The maximum atomic E-state index is 6.13. The van der Waals surface area contributed by atoms with Gasteiger partial charge < -0.3 is 9.47 Å². The van der Waals surface area contributed by atoms with Crippen LogP contribution in [0.15, 0.2) is 54.6 Å². The maximum absolute atomic E-state index is 6.13. The molecule has 0 radical (unpaired) electrons. The molecule has 0 amide bonds. The number of halogens is 1. The summed E-state index contributed by atoms with van der Waals surface area (Å²) in [5.41, 5.74) is 2.09. The van der Waals surface area contributed by atoms with Crippen LogP contribution in [0.3, 0.4) is 0 Å². The zero-order valence-corrected chi connectivity index (χ0v) is 14.6. The van der Waals surface area contributed by atoms with Crippen LogP contribution in [0.1, 0.15) is 5.56 Å². The van der Waals surface area contributed by atoms with Crippen molar-refractivity contribution >= 4 is 22.5 Å². The molecule has 0 atom stereocenters. The summed E-state index contributed by atoms with van der Waals surface area (Å²) < 4.78 is 11.7. The molecule has 3 aromatic rings. The summed E-state index contributed by atoms with van der Waals surface area (Å²) in [5.74, 6) is 1.47. The minimum absolute atomic E-state index is 0.583. The Labute approximate surface area is 151 Å². The van der Waals surface area contributed by atoms with E-state index in [-0.39, 0.29) is 0 Å². The summed E-state index contributed by atoms with van der Waals surface area (Å²) in [6.45, 7) is 3.67. The Kier molecular flexibility index (Phi) is 4.72. The van der Waals surface area contributed by atoms with Crippen molar-refractivity contribution in [3.63, 3.8) is 0 Å². The van der Waals surface area contributed by atoms with E-state index in [1.54, 1.807) is 0 Å². The molecule has 1 aliphatic heterocycles. The number of hydrogen-bond donors (Lipinski definition) is 0. The zero-order valence-electron chi connectivity index (χ0n) is 13.8. The molecule has 0 fully saturated rings. The number of hydrogen-bond acceptors (Lipinski definition) is 4. The lowest BCUT2D eigenvalue weighted by atomic mass is 10.1. The highest BCUT2D eigenvalue weighted by molar-refractivity contribution is 6.32. The van der Waals surface area contributed by atoms with Gasteiger partial charge in [0, 0.05) is 30.6 Å². The molecule has 128 valence electrons. The minimum Gasteiger partial charge on any atom is -0.491 e. The second-order valence-corrected chi connectivity index (χ2v) is 6.46. The van der Waals surface area contributed by atoms with Gasteiger partial charge >= 0.3 is 0 Å². The van der Waals surface area contributed by atoms with Crippen LogP contribution in [0.25, 0.3) is 10.9 Å². The van der Waals surface area contributed by atoms with E-state index >= 15 is 0 Å². The van der Waals surface area contributed by atoms with Crippen molar-refractivity contribution in [3.8, 4) is 11.6 Å². The molecule has 1 aliphatic rings. The van der Waals surface area contributed by atoms with E-state index in [0.717, 1.165) is 47.7 Å². The zero-order chi connectivity index (χ0) is 17.1. The number of para-hydroxylation sites is 2. The smallest absolute Gasteiger partial charge is 0.218 e. The lowest BCUT2D eigenvalue weighted by Gasteiger charge is -2.19. The van der Waals surface area contributed by atoms with Crippen LogP contribution in [0.2, 0.25) is 5.02 Å². The van der Waals surface area contributed by atoms with Crippen molar-refractivity contribution in [2.24, 2.45) is 0 Å². The van der Waals surface area contributed by atoms with Crippen LogP contribution in [0, 0.1) is 0 Å². The van der Waals surface area contributed by atoms with Gasteiger partial charge in [-0.25, -0.2) is 4.98 Å². The van der Waals surface area contributed by atoms with E-state index in [1.165, 1.54) is 0 Å². The summed E-state index contributed by atoms with van der Waals surface area (Å²) >= 11 is 6.13. The van der Waals surface area contributed by atoms with E-state index in [4.69, 9.17) is 21.1 Å². The van der Waals surface area contributed by atoms with Gasteiger partial charge in [0.25, 0.3) is 0 Å². The fourth-order valence-electron chi connectivity index (χ4n) is 3.01. The Morgan fingerprint density at radius 3 is 2.88 bits per heavy atom. The number of ether oxygens (including phenoxy) is 2. The van der Waals surface area contributed by atoms with Crippen LogP contribution in [0.4, 0.5) is 0 Å². The van der Waals surface area contributed by atoms with Gasteiger partial charge in [-0.1, -0.05) is 41.9 Å². The number of nitrogens with zero attached hydrogens (tertiary/aromatic N) is 2. The fraction of sp³-hybridized carbons (Fsp3) is 0.250. The van der Waals surface area contributed by atoms with E-state index in [1.807, 2.05) is 42.5 Å².